The van der Waals surface area contributed by atoms with E-state index in [0.717, 1.165) is 25.4 Å². The van der Waals surface area contributed by atoms with Crippen molar-refractivity contribution in [1.82, 2.24) is 4.90 Å². The molecule has 1 aliphatic heterocycles. The van der Waals surface area contributed by atoms with E-state index in [-0.39, 0.29) is 17.9 Å². The highest BCUT2D eigenvalue weighted by atomic mass is 32.2. The van der Waals surface area contributed by atoms with E-state index < -0.39 is 20.6 Å². The number of esters is 1. The molecule has 0 aromatic heterocycles. The van der Waals surface area contributed by atoms with E-state index in [1.165, 1.54) is 45.4 Å². The number of ether oxygens (including phenoxy) is 3. The average Bonchev–Trinajstić information content (AvgIpc) is 2.85. The number of likely N-dealkylation sites (tertiary alicyclic amines) is 1. The van der Waals surface area contributed by atoms with Gasteiger partial charge >= 0.3 is 5.97 Å². The Morgan fingerprint density at radius 2 is 1.59 bits per heavy atom. The molecule has 1 heterocycles. The van der Waals surface area contributed by atoms with Crippen LogP contribution in [0.1, 0.15) is 38.7 Å². The third-order valence-electron chi connectivity index (χ3n) is 6.26. The average molecular weight is 490 g/mol. The predicted molar refractivity (Wildman–Crippen MR) is 131 cm³/mol. The first-order valence-corrected chi connectivity index (χ1v) is 13.3. The summed E-state index contributed by atoms with van der Waals surface area (Å²) in [7, 11) is -2.54. The molecular formula is C26H35NO6S. The van der Waals surface area contributed by atoms with Crippen LogP contribution in [-0.2, 0) is 25.8 Å². The first kappa shape index (κ1) is 26.0. The van der Waals surface area contributed by atoms with E-state index in [9.17, 15) is 13.2 Å². The van der Waals surface area contributed by atoms with Crippen LogP contribution in [0.5, 0.6) is 11.5 Å². The van der Waals surface area contributed by atoms with Gasteiger partial charge in [0.2, 0.25) is 0 Å². The Hall–Kier alpha value is -2.58. The zero-order chi connectivity index (χ0) is 24.6. The molecule has 3 rings (SSSR count). The molecule has 0 spiro atoms. The SMILES string of the molecule is CCOC(=O)C(C)(Cc1ccc(OCCN2CCCCC2)cc1)S(=O)(=O)c1ccc(OC)cc1. The number of piperidine rings is 1. The van der Waals surface area contributed by atoms with Gasteiger partial charge in [0.15, 0.2) is 14.6 Å². The fourth-order valence-electron chi connectivity index (χ4n) is 4.14. The van der Waals surface area contributed by atoms with Gasteiger partial charge in [-0.2, -0.15) is 0 Å². The molecule has 0 aliphatic carbocycles. The second-order valence-electron chi connectivity index (χ2n) is 8.70. The first-order chi connectivity index (χ1) is 16.3. The van der Waals surface area contributed by atoms with Crippen LogP contribution < -0.4 is 9.47 Å². The van der Waals surface area contributed by atoms with Crippen LogP contribution in [-0.4, -0.2) is 64.0 Å². The van der Waals surface area contributed by atoms with Crippen LogP contribution in [0.3, 0.4) is 0 Å². The van der Waals surface area contributed by atoms with Crippen LogP contribution in [0.4, 0.5) is 0 Å². The number of carbonyl (C=O) groups excluding carboxylic acids is 1. The van der Waals surface area contributed by atoms with Crippen LogP contribution in [0, 0.1) is 0 Å². The van der Waals surface area contributed by atoms with E-state index >= 15 is 0 Å². The van der Waals surface area contributed by atoms with Crippen LogP contribution in [0.2, 0.25) is 0 Å². The summed E-state index contributed by atoms with van der Waals surface area (Å²) < 4.78 is 41.5. The van der Waals surface area contributed by atoms with Gasteiger partial charge in [0.05, 0.1) is 18.6 Å². The molecule has 1 atom stereocenters. The number of rotatable bonds is 11. The Balaban J connectivity index is 1.74. The van der Waals surface area contributed by atoms with Gasteiger partial charge < -0.3 is 14.2 Å². The number of sulfone groups is 1. The summed E-state index contributed by atoms with van der Waals surface area (Å²) in [5.41, 5.74) is 0.705. The van der Waals surface area contributed by atoms with E-state index in [4.69, 9.17) is 14.2 Å². The molecule has 0 bridgehead atoms. The molecule has 186 valence electrons. The van der Waals surface area contributed by atoms with Gasteiger partial charge in [-0.1, -0.05) is 18.6 Å². The van der Waals surface area contributed by atoms with Gasteiger partial charge in [0.1, 0.15) is 18.1 Å². The molecular weight excluding hydrogens is 454 g/mol. The summed E-state index contributed by atoms with van der Waals surface area (Å²) >= 11 is 0. The lowest BCUT2D eigenvalue weighted by molar-refractivity contribution is -0.145. The molecule has 2 aromatic rings. The van der Waals surface area contributed by atoms with Crippen molar-refractivity contribution in [1.29, 1.82) is 0 Å². The Labute approximate surface area is 202 Å². The maximum atomic E-state index is 13.6. The lowest BCUT2D eigenvalue weighted by Crippen LogP contribution is -2.46. The maximum Gasteiger partial charge on any atom is 0.327 e. The van der Waals surface area contributed by atoms with E-state index in [1.54, 1.807) is 31.2 Å². The highest BCUT2D eigenvalue weighted by Gasteiger charge is 2.48. The molecule has 0 N–H and O–H groups in total. The monoisotopic (exact) mass is 489 g/mol. The third-order valence-corrected chi connectivity index (χ3v) is 8.65. The molecule has 34 heavy (non-hydrogen) atoms. The van der Waals surface area contributed by atoms with Crippen molar-refractivity contribution in [2.45, 2.75) is 49.2 Å². The minimum atomic E-state index is -4.05. The summed E-state index contributed by atoms with van der Waals surface area (Å²) in [6.45, 7) is 6.92. The van der Waals surface area contributed by atoms with Gasteiger partial charge in [-0.3, -0.25) is 9.69 Å². The van der Waals surface area contributed by atoms with Crippen molar-refractivity contribution in [3.05, 3.63) is 54.1 Å². The van der Waals surface area contributed by atoms with Gasteiger partial charge in [0.25, 0.3) is 0 Å². The normalized spacial score (nSPS) is 16.4. The van der Waals surface area contributed by atoms with Gasteiger partial charge in [-0.05, 0) is 81.7 Å². The van der Waals surface area contributed by atoms with Gasteiger partial charge in [-0.15, -0.1) is 0 Å². The number of hydrogen-bond donors (Lipinski definition) is 0. The Bertz CT molecular complexity index is 1030. The molecule has 2 aromatic carbocycles. The van der Waals surface area contributed by atoms with E-state index in [1.807, 2.05) is 12.1 Å². The fraction of sp³-hybridized carbons (Fsp3) is 0.500. The minimum Gasteiger partial charge on any atom is -0.497 e. The van der Waals surface area contributed by atoms with Crippen molar-refractivity contribution < 1.29 is 27.4 Å². The van der Waals surface area contributed by atoms with Crippen LogP contribution in [0.25, 0.3) is 0 Å². The first-order valence-electron chi connectivity index (χ1n) is 11.8. The fourth-order valence-corrected chi connectivity index (χ4v) is 5.79. The van der Waals surface area contributed by atoms with E-state index in [0.29, 0.717) is 17.9 Å². The van der Waals surface area contributed by atoms with Crippen molar-refractivity contribution >= 4 is 15.8 Å². The van der Waals surface area contributed by atoms with Crippen molar-refractivity contribution in [3.8, 4) is 11.5 Å². The van der Waals surface area contributed by atoms with Gasteiger partial charge in [-0.25, -0.2) is 8.42 Å². The molecule has 0 saturated carbocycles. The standard InChI is InChI=1S/C26H35NO6S/c1-4-32-25(28)26(2,34(29,30)24-14-12-22(31-3)13-15-24)20-21-8-10-23(11-9-21)33-19-18-27-16-6-5-7-17-27/h8-15H,4-7,16-20H2,1-3H3. The van der Waals surface area contributed by atoms with Gasteiger partial charge in [0, 0.05) is 13.0 Å². The Morgan fingerprint density at radius 3 is 2.18 bits per heavy atom. The summed E-state index contributed by atoms with van der Waals surface area (Å²) in [6.07, 6.45) is 3.77. The number of benzene rings is 2. The van der Waals surface area contributed by atoms with E-state index in [2.05, 4.69) is 4.90 Å². The second-order valence-corrected chi connectivity index (χ2v) is 11.1. The number of hydrogen-bond acceptors (Lipinski definition) is 7. The number of methoxy groups -OCH3 is 1. The van der Waals surface area contributed by atoms with Crippen LogP contribution in [0.15, 0.2) is 53.4 Å². The maximum absolute atomic E-state index is 13.6. The largest absolute Gasteiger partial charge is 0.497 e. The molecule has 7 nitrogen and oxygen atoms in total. The van der Waals surface area contributed by atoms with Crippen LogP contribution >= 0.6 is 0 Å². The zero-order valence-corrected chi connectivity index (χ0v) is 21.1. The quantitative estimate of drug-likeness (QED) is 0.443. The summed E-state index contributed by atoms with van der Waals surface area (Å²) in [5, 5.41) is 0. The Kier molecular flexibility index (Phi) is 8.97. The zero-order valence-electron chi connectivity index (χ0n) is 20.3. The Morgan fingerprint density at radius 1 is 0.971 bits per heavy atom. The molecule has 0 radical (unpaired) electrons. The molecule has 1 fully saturated rings. The second kappa shape index (κ2) is 11.7. The highest BCUT2D eigenvalue weighted by Crippen LogP contribution is 2.32. The summed E-state index contributed by atoms with van der Waals surface area (Å²) in [6, 6.07) is 13.3. The topological polar surface area (TPSA) is 82.1 Å². The lowest BCUT2D eigenvalue weighted by Gasteiger charge is -2.27. The third kappa shape index (κ3) is 6.10. The molecule has 8 heteroatoms. The number of nitrogens with zero attached hydrogens (tertiary/aromatic N) is 1. The lowest BCUT2D eigenvalue weighted by atomic mass is 10.00. The molecule has 1 unspecified atom stereocenters. The molecule has 1 saturated heterocycles. The number of carbonyl (C=O) groups is 1. The predicted octanol–water partition coefficient (Wildman–Crippen LogP) is 3.90. The molecule has 1 aliphatic rings. The minimum absolute atomic E-state index is 0.0196. The van der Waals surface area contributed by atoms with Crippen molar-refractivity contribution in [2.24, 2.45) is 0 Å². The van der Waals surface area contributed by atoms with Crippen molar-refractivity contribution in [3.63, 3.8) is 0 Å². The summed E-state index contributed by atoms with van der Waals surface area (Å²) in [5.74, 6) is 0.483. The highest BCUT2D eigenvalue weighted by molar-refractivity contribution is 7.93. The summed E-state index contributed by atoms with van der Waals surface area (Å²) in [4.78, 5) is 15.4. The smallest absolute Gasteiger partial charge is 0.327 e. The molecule has 0 amide bonds. The van der Waals surface area contributed by atoms with Crippen molar-refractivity contribution in [2.75, 3.05) is 40.0 Å².